The Kier molecular flexibility index (Phi) is 5.39. The van der Waals surface area contributed by atoms with Gasteiger partial charge < -0.3 is 10.2 Å². The number of nitrogens with zero attached hydrogens (tertiary/aromatic N) is 3. The van der Waals surface area contributed by atoms with Crippen LogP contribution in [0.3, 0.4) is 0 Å². The van der Waals surface area contributed by atoms with Gasteiger partial charge in [-0.15, -0.1) is 0 Å². The molecule has 0 saturated carbocycles. The molecule has 0 bridgehead atoms. The molecule has 5 heteroatoms. The number of hydrogen-bond acceptors (Lipinski definition) is 4. The summed E-state index contributed by atoms with van der Waals surface area (Å²) in [5.41, 5.74) is 0. The molecule has 0 aromatic carbocycles. The summed E-state index contributed by atoms with van der Waals surface area (Å²) < 4.78 is 0. The van der Waals surface area contributed by atoms with E-state index in [0.717, 1.165) is 26.2 Å². The Morgan fingerprint density at radius 1 is 1.59 bits per heavy atom. The number of carbonyl (C=O) groups is 1. The van der Waals surface area contributed by atoms with Gasteiger partial charge in [0, 0.05) is 32.7 Å². The van der Waals surface area contributed by atoms with Gasteiger partial charge in [0.05, 0.1) is 12.1 Å². The van der Waals surface area contributed by atoms with E-state index >= 15 is 0 Å². The first-order chi connectivity index (χ1) is 8.15. The van der Waals surface area contributed by atoms with Gasteiger partial charge in [-0.2, -0.15) is 5.26 Å². The molecule has 1 N–H and O–H groups in total. The minimum absolute atomic E-state index is 0.122. The van der Waals surface area contributed by atoms with Gasteiger partial charge in [0.2, 0.25) is 5.91 Å². The Hall–Kier alpha value is -1.12. The molecule has 0 radical (unpaired) electrons. The number of rotatable bonds is 4. The Bertz CT molecular complexity index is 295. The fourth-order valence-corrected chi connectivity index (χ4v) is 2.24. The van der Waals surface area contributed by atoms with Crippen molar-refractivity contribution in [2.24, 2.45) is 0 Å². The van der Waals surface area contributed by atoms with Crippen LogP contribution in [0, 0.1) is 11.3 Å². The van der Waals surface area contributed by atoms with Crippen molar-refractivity contribution in [3.05, 3.63) is 0 Å². The van der Waals surface area contributed by atoms with Gasteiger partial charge in [0.15, 0.2) is 0 Å². The maximum absolute atomic E-state index is 12.2. The number of likely N-dealkylation sites (N-methyl/N-ethyl adjacent to an activating group) is 1. The quantitative estimate of drug-likeness (QED) is 0.751. The maximum Gasteiger partial charge on any atom is 0.239 e. The van der Waals surface area contributed by atoms with Crippen LogP contribution in [0.1, 0.15) is 20.8 Å². The highest BCUT2D eigenvalue weighted by atomic mass is 16.2. The molecule has 2 atom stereocenters. The summed E-state index contributed by atoms with van der Waals surface area (Å²) in [6.07, 6.45) is 0. The molecule has 1 aliphatic rings. The fourth-order valence-electron chi connectivity index (χ4n) is 2.24. The first kappa shape index (κ1) is 13.9. The van der Waals surface area contributed by atoms with Crippen LogP contribution in [-0.2, 0) is 4.79 Å². The van der Waals surface area contributed by atoms with E-state index in [-0.39, 0.29) is 18.0 Å². The van der Waals surface area contributed by atoms with Gasteiger partial charge >= 0.3 is 0 Å². The van der Waals surface area contributed by atoms with Gasteiger partial charge in [-0.1, -0.05) is 0 Å². The molecule has 2 unspecified atom stereocenters. The van der Waals surface area contributed by atoms with Gasteiger partial charge in [-0.3, -0.25) is 9.69 Å². The van der Waals surface area contributed by atoms with Crippen LogP contribution < -0.4 is 5.32 Å². The van der Waals surface area contributed by atoms with E-state index in [2.05, 4.69) is 11.4 Å². The average Bonchev–Trinajstić information content (AvgIpc) is 2.39. The van der Waals surface area contributed by atoms with E-state index < -0.39 is 0 Å². The molecule has 1 aliphatic heterocycles. The summed E-state index contributed by atoms with van der Waals surface area (Å²) in [7, 11) is 0. The van der Waals surface area contributed by atoms with E-state index in [4.69, 9.17) is 5.26 Å². The Morgan fingerprint density at radius 3 is 2.76 bits per heavy atom. The number of nitrogens with one attached hydrogen (secondary N) is 1. The summed E-state index contributed by atoms with van der Waals surface area (Å²) in [5, 5.41) is 12.3. The molecular formula is C12H22N4O. The molecule has 1 amide bonds. The van der Waals surface area contributed by atoms with Crippen molar-refractivity contribution >= 4 is 5.91 Å². The van der Waals surface area contributed by atoms with Crippen LogP contribution in [0.5, 0.6) is 0 Å². The van der Waals surface area contributed by atoms with E-state index in [9.17, 15) is 4.79 Å². The summed E-state index contributed by atoms with van der Waals surface area (Å²) in [6.45, 7) is 9.55. The van der Waals surface area contributed by atoms with Crippen molar-refractivity contribution in [3.8, 4) is 6.07 Å². The SMILES string of the molecule is CCN(CC)C(=O)C(C)N1CCNCC1C#N. The van der Waals surface area contributed by atoms with Crippen LogP contribution >= 0.6 is 0 Å². The number of hydrogen-bond donors (Lipinski definition) is 1. The Labute approximate surface area is 103 Å². The van der Waals surface area contributed by atoms with E-state index in [1.165, 1.54) is 0 Å². The molecular weight excluding hydrogens is 216 g/mol. The third-order valence-electron chi connectivity index (χ3n) is 3.36. The van der Waals surface area contributed by atoms with E-state index in [1.807, 2.05) is 30.6 Å². The number of nitriles is 1. The lowest BCUT2D eigenvalue weighted by Crippen LogP contribution is -2.58. The summed E-state index contributed by atoms with van der Waals surface area (Å²) in [6, 6.07) is 1.85. The van der Waals surface area contributed by atoms with Gasteiger partial charge in [0.25, 0.3) is 0 Å². The van der Waals surface area contributed by atoms with Crippen molar-refractivity contribution in [2.45, 2.75) is 32.9 Å². The van der Waals surface area contributed by atoms with Crippen molar-refractivity contribution in [3.63, 3.8) is 0 Å². The summed E-state index contributed by atoms with van der Waals surface area (Å²) in [4.78, 5) is 16.0. The zero-order valence-corrected chi connectivity index (χ0v) is 10.9. The molecule has 5 nitrogen and oxygen atoms in total. The highest BCUT2D eigenvalue weighted by Gasteiger charge is 2.31. The minimum atomic E-state index is -0.207. The summed E-state index contributed by atoms with van der Waals surface area (Å²) in [5.74, 6) is 0.122. The molecule has 1 saturated heterocycles. The first-order valence-electron chi connectivity index (χ1n) is 6.30. The van der Waals surface area contributed by atoms with Gasteiger partial charge in [-0.05, 0) is 20.8 Å². The molecule has 0 spiro atoms. The molecule has 17 heavy (non-hydrogen) atoms. The zero-order chi connectivity index (χ0) is 12.8. The van der Waals surface area contributed by atoms with Gasteiger partial charge in [-0.25, -0.2) is 0 Å². The highest BCUT2D eigenvalue weighted by molar-refractivity contribution is 5.81. The van der Waals surface area contributed by atoms with Crippen LogP contribution in [0.25, 0.3) is 0 Å². The standard InChI is InChI=1S/C12H22N4O/c1-4-15(5-2)12(17)10(3)16-7-6-14-9-11(16)8-13/h10-11,14H,4-7,9H2,1-3H3. The molecule has 0 aromatic heterocycles. The largest absolute Gasteiger partial charge is 0.342 e. The van der Waals surface area contributed by atoms with Crippen LogP contribution in [0.15, 0.2) is 0 Å². The van der Waals surface area contributed by atoms with Crippen LogP contribution in [0.4, 0.5) is 0 Å². The third-order valence-corrected chi connectivity index (χ3v) is 3.36. The first-order valence-corrected chi connectivity index (χ1v) is 6.30. The monoisotopic (exact) mass is 238 g/mol. The number of amides is 1. The minimum Gasteiger partial charge on any atom is -0.342 e. The predicted octanol–water partition coefficient (Wildman–Crippen LogP) is 0.0407. The van der Waals surface area contributed by atoms with E-state index in [1.54, 1.807) is 0 Å². The smallest absolute Gasteiger partial charge is 0.239 e. The lowest BCUT2D eigenvalue weighted by Gasteiger charge is -2.37. The molecule has 0 aromatic rings. The number of piperazine rings is 1. The molecule has 1 rings (SSSR count). The topological polar surface area (TPSA) is 59.4 Å². The lowest BCUT2D eigenvalue weighted by atomic mass is 10.1. The fraction of sp³-hybridized carbons (Fsp3) is 0.833. The number of carbonyl (C=O) groups excluding carboxylic acids is 1. The van der Waals surface area contributed by atoms with Crippen molar-refractivity contribution < 1.29 is 4.79 Å². The lowest BCUT2D eigenvalue weighted by molar-refractivity contribution is -0.136. The predicted molar refractivity (Wildman–Crippen MR) is 66.4 cm³/mol. The third kappa shape index (κ3) is 3.18. The second kappa shape index (κ2) is 6.58. The second-order valence-corrected chi connectivity index (χ2v) is 4.27. The Morgan fingerprint density at radius 2 is 2.24 bits per heavy atom. The van der Waals surface area contributed by atoms with Crippen molar-refractivity contribution in [2.75, 3.05) is 32.7 Å². The zero-order valence-electron chi connectivity index (χ0n) is 10.9. The summed E-state index contributed by atoms with van der Waals surface area (Å²) >= 11 is 0. The normalized spacial score (nSPS) is 22.8. The Balaban J connectivity index is 2.70. The average molecular weight is 238 g/mol. The van der Waals surface area contributed by atoms with E-state index in [0.29, 0.717) is 6.54 Å². The molecule has 96 valence electrons. The molecule has 1 fully saturated rings. The highest BCUT2D eigenvalue weighted by Crippen LogP contribution is 2.10. The van der Waals surface area contributed by atoms with Crippen LogP contribution in [-0.4, -0.2) is 60.5 Å². The van der Waals surface area contributed by atoms with Gasteiger partial charge in [0.1, 0.15) is 6.04 Å². The molecule has 1 heterocycles. The van der Waals surface area contributed by atoms with Crippen molar-refractivity contribution in [1.29, 1.82) is 5.26 Å². The van der Waals surface area contributed by atoms with Crippen LogP contribution in [0.2, 0.25) is 0 Å². The molecule has 0 aliphatic carbocycles. The second-order valence-electron chi connectivity index (χ2n) is 4.27. The van der Waals surface area contributed by atoms with Crippen molar-refractivity contribution in [1.82, 2.24) is 15.1 Å². The maximum atomic E-state index is 12.2.